The smallest absolute Gasteiger partial charge is 0.227 e. The van der Waals surface area contributed by atoms with Gasteiger partial charge in [0, 0.05) is 49.9 Å². The van der Waals surface area contributed by atoms with Crippen molar-refractivity contribution in [2.24, 2.45) is 0 Å². The van der Waals surface area contributed by atoms with Crippen molar-refractivity contribution in [2.75, 3.05) is 0 Å². The van der Waals surface area contributed by atoms with Crippen LogP contribution in [0.4, 0.5) is 0 Å². The average molecular weight is 782 g/mol. The minimum Gasteiger partial charge on any atom is -0.436 e. The second-order valence-electron chi connectivity index (χ2n) is 15.4. The number of fused-ring (bicyclic) bond motifs is 10. The van der Waals surface area contributed by atoms with Crippen molar-refractivity contribution in [1.82, 2.24) is 24.9 Å². The lowest BCUT2D eigenvalue weighted by Crippen LogP contribution is -1.89. The highest BCUT2D eigenvalue weighted by Crippen LogP contribution is 2.39. The molecular weight excluding hydrogens is 747 g/mol. The number of hydrogen-bond donors (Lipinski definition) is 2. The van der Waals surface area contributed by atoms with E-state index in [2.05, 4.69) is 186 Å². The minimum absolute atomic E-state index is 0.584. The highest BCUT2D eigenvalue weighted by molar-refractivity contribution is 6.00. The Bertz CT molecular complexity index is 3540. The van der Waals surface area contributed by atoms with Crippen LogP contribution in [0.3, 0.4) is 0 Å². The van der Waals surface area contributed by atoms with Crippen molar-refractivity contribution in [3.05, 3.63) is 199 Å². The van der Waals surface area contributed by atoms with Gasteiger partial charge in [0.05, 0.1) is 22.8 Å². The number of rotatable bonds is 5. The van der Waals surface area contributed by atoms with Crippen LogP contribution in [-0.4, -0.2) is 24.9 Å². The lowest BCUT2D eigenvalue weighted by atomic mass is 10.0. The van der Waals surface area contributed by atoms with E-state index < -0.39 is 0 Å². The molecule has 12 rings (SSSR count). The molecule has 286 valence electrons. The first-order valence-corrected chi connectivity index (χ1v) is 20.4. The van der Waals surface area contributed by atoms with Crippen molar-refractivity contribution in [1.29, 1.82) is 0 Å². The van der Waals surface area contributed by atoms with Crippen LogP contribution >= 0.6 is 0 Å². The molecule has 0 saturated carbocycles. The molecule has 2 N–H and O–H groups in total. The molecule has 6 aromatic carbocycles. The van der Waals surface area contributed by atoms with E-state index in [0.29, 0.717) is 5.89 Å². The van der Waals surface area contributed by atoms with Gasteiger partial charge in [-0.15, -0.1) is 0 Å². The third kappa shape index (κ3) is 6.09. The fraction of sp³-hybridized carbons (Fsp3) is 0. The third-order valence-electron chi connectivity index (χ3n) is 11.6. The van der Waals surface area contributed by atoms with Crippen molar-refractivity contribution < 1.29 is 4.42 Å². The molecule has 0 saturated heterocycles. The van der Waals surface area contributed by atoms with Crippen molar-refractivity contribution in [3.63, 3.8) is 0 Å². The maximum absolute atomic E-state index is 6.39. The summed E-state index contributed by atoms with van der Waals surface area (Å²) in [6.45, 7) is 0. The van der Waals surface area contributed by atoms with Gasteiger partial charge in [-0.3, -0.25) is 0 Å². The molecule has 61 heavy (non-hydrogen) atoms. The minimum atomic E-state index is 0.584. The fourth-order valence-electron chi connectivity index (χ4n) is 8.76. The van der Waals surface area contributed by atoms with E-state index in [4.69, 9.17) is 19.4 Å². The molecule has 2 aliphatic heterocycles. The number of nitrogens with one attached hydrogen (secondary N) is 2. The van der Waals surface area contributed by atoms with E-state index in [1.54, 1.807) is 0 Å². The Hall–Kier alpha value is -8.35. The molecular formula is C55H35N5O. The Morgan fingerprint density at radius 2 is 0.754 bits per heavy atom. The molecule has 6 heteroatoms. The summed E-state index contributed by atoms with van der Waals surface area (Å²) in [6.07, 6.45) is 8.51. The predicted molar refractivity (Wildman–Crippen MR) is 251 cm³/mol. The Balaban J connectivity index is 1.16. The monoisotopic (exact) mass is 781 g/mol. The summed E-state index contributed by atoms with van der Waals surface area (Å²) >= 11 is 0. The van der Waals surface area contributed by atoms with E-state index in [0.717, 1.165) is 111 Å². The molecule has 0 atom stereocenters. The van der Waals surface area contributed by atoms with E-state index in [1.165, 1.54) is 5.39 Å². The van der Waals surface area contributed by atoms with Crippen molar-refractivity contribution in [2.45, 2.75) is 0 Å². The van der Waals surface area contributed by atoms with Crippen LogP contribution in [0.25, 0.3) is 124 Å². The summed E-state index contributed by atoms with van der Waals surface area (Å²) in [5.74, 6) is 0.584. The molecule has 10 aromatic rings. The standard InChI is InChI=1S/C55H35N5O/c1-4-13-35(14-5-1)51-41-23-25-43(56-41)52(36-15-6-2-7-16-36)45-27-29-47(58-45)54(48-30-28-46(59-48)53(37-17-8-3-9-18-37)44-26-24-42(51)57-44)39-22-31-50-49(33-39)60-55(61-50)40-21-20-34-12-10-11-19-38(34)32-40/h1-33,56,59H. The molecule has 8 bridgehead atoms. The second-order valence-corrected chi connectivity index (χ2v) is 15.4. The zero-order chi connectivity index (χ0) is 40.3. The Morgan fingerprint density at radius 3 is 1.25 bits per heavy atom. The number of oxazole rings is 1. The van der Waals surface area contributed by atoms with Crippen LogP contribution in [0.5, 0.6) is 0 Å². The Labute approximate surface area is 350 Å². The largest absolute Gasteiger partial charge is 0.436 e. The number of hydrogen-bond acceptors (Lipinski definition) is 4. The topological polar surface area (TPSA) is 83.4 Å². The van der Waals surface area contributed by atoms with E-state index >= 15 is 0 Å². The molecule has 0 radical (unpaired) electrons. The quantitative estimate of drug-likeness (QED) is 0.182. The van der Waals surface area contributed by atoms with Crippen molar-refractivity contribution in [3.8, 4) is 56.0 Å². The molecule has 4 aromatic heterocycles. The van der Waals surface area contributed by atoms with Gasteiger partial charge in [0.15, 0.2) is 5.58 Å². The van der Waals surface area contributed by atoms with Crippen LogP contribution in [0, 0.1) is 0 Å². The molecule has 0 aliphatic carbocycles. The first kappa shape index (κ1) is 34.7. The zero-order valence-electron chi connectivity index (χ0n) is 32.8. The first-order chi connectivity index (χ1) is 30.2. The van der Waals surface area contributed by atoms with Crippen LogP contribution in [-0.2, 0) is 0 Å². The highest BCUT2D eigenvalue weighted by Gasteiger charge is 2.20. The van der Waals surface area contributed by atoms with Gasteiger partial charge in [0.25, 0.3) is 0 Å². The predicted octanol–water partition coefficient (Wildman–Crippen LogP) is 14.3. The molecule has 6 heterocycles. The van der Waals surface area contributed by atoms with Crippen molar-refractivity contribution >= 4 is 68.2 Å². The number of aromatic amines is 2. The molecule has 6 nitrogen and oxygen atoms in total. The van der Waals surface area contributed by atoms with Crippen LogP contribution in [0.2, 0.25) is 0 Å². The number of H-pyrrole nitrogens is 2. The normalized spacial score (nSPS) is 12.1. The summed E-state index contributed by atoms with van der Waals surface area (Å²) < 4.78 is 6.39. The summed E-state index contributed by atoms with van der Waals surface area (Å²) in [4.78, 5) is 23.6. The second kappa shape index (κ2) is 14.2. The lowest BCUT2D eigenvalue weighted by Gasteiger charge is -2.07. The molecule has 0 amide bonds. The van der Waals surface area contributed by atoms with Gasteiger partial charge in [-0.05, 0) is 106 Å². The molecule has 0 spiro atoms. The molecule has 0 unspecified atom stereocenters. The Kier molecular flexibility index (Phi) is 8.06. The first-order valence-electron chi connectivity index (χ1n) is 20.4. The van der Waals surface area contributed by atoms with Crippen LogP contribution < -0.4 is 0 Å². The molecule has 2 aliphatic rings. The van der Waals surface area contributed by atoms with Crippen LogP contribution in [0.1, 0.15) is 22.8 Å². The van der Waals surface area contributed by atoms with Gasteiger partial charge in [0.2, 0.25) is 5.89 Å². The third-order valence-corrected chi connectivity index (χ3v) is 11.6. The maximum Gasteiger partial charge on any atom is 0.227 e. The summed E-state index contributed by atoms with van der Waals surface area (Å²) in [7, 11) is 0. The van der Waals surface area contributed by atoms with E-state index in [-0.39, 0.29) is 0 Å². The average Bonchev–Trinajstić information content (AvgIpc) is 4.18. The highest BCUT2D eigenvalue weighted by atomic mass is 16.3. The fourth-order valence-corrected chi connectivity index (χ4v) is 8.76. The van der Waals surface area contributed by atoms with Gasteiger partial charge in [-0.2, -0.15) is 0 Å². The van der Waals surface area contributed by atoms with Crippen LogP contribution in [0.15, 0.2) is 180 Å². The number of benzene rings is 6. The number of aromatic nitrogens is 5. The summed E-state index contributed by atoms with van der Waals surface area (Å²) in [5.41, 5.74) is 17.8. The summed E-state index contributed by atoms with van der Waals surface area (Å²) in [5, 5.41) is 2.32. The van der Waals surface area contributed by atoms with Gasteiger partial charge >= 0.3 is 0 Å². The number of nitrogens with zero attached hydrogens (tertiary/aromatic N) is 3. The van der Waals surface area contributed by atoms with E-state index in [1.807, 2.05) is 24.3 Å². The lowest BCUT2D eigenvalue weighted by molar-refractivity contribution is 0.620. The molecule has 0 fully saturated rings. The van der Waals surface area contributed by atoms with Gasteiger partial charge in [0.1, 0.15) is 5.52 Å². The van der Waals surface area contributed by atoms with Gasteiger partial charge < -0.3 is 14.4 Å². The summed E-state index contributed by atoms with van der Waals surface area (Å²) in [6, 6.07) is 60.9. The van der Waals surface area contributed by atoms with E-state index in [9.17, 15) is 0 Å². The SMILES string of the molecule is C1=Cc2nc1c(-c1ccccc1)c1ccc([nH]1)c(-c1ccccc1)c1nc(c(-c3ccc4oc(-c5ccc6ccccc6c5)nc4c3)c3ccc([nH]3)c2-c2ccccc2)C=C1. The maximum atomic E-state index is 6.39. The Morgan fingerprint density at radius 1 is 0.328 bits per heavy atom. The zero-order valence-corrected chi connectivity index (χ0v) is 32.8. The van der Waals surface area contributed by atoms with Gasteiger partial charge in [-0.1, -0.05) is 127 Å². The van der Waals surface area contributed by atoms with Gasteiger partial charge in [-0.25, -0.2) is 15.0 Å².